The molecule has 1 aliphatic rings. The second-order valence-corrected chi connectivity index (χ2v) is 10.4. The highest BCUT2D eigenvalue weighted by atomic mass is 19.1. The molecule has 0 spiro atoms. The molecule has 1 saturated heterocycles. The molecule has 4 heterocycles. The lowest BCUT2D eigenvalue weighted by Gasteiger charge is -2.35. The van der Waals surface area contributed by atoms with Crippen molar-refractivity contribution >= 4 is 11.8 Å². The number of oxazole rings is 1. The number of aromatic nitrogens is 3. The summed E-state index contributed by atoms with van der Waals surface area (Å²) in [5.41, 5.74) is 3.08. The van der Waals surface area contributed by atoms with Crippen LogP contribution in [-0.2, 0) is 13.2 Å². The van der Waals surface area contributed by atoms with Gasteiger partial charge in [-0.25, -0.2) is 24.1 Å². The Labute approximate surface area is 248 Å². The van der Waals surface area contributed by atoms with E-state index in [1.807, 2.05) is 30.0 Å². The minimum Gasteiger partial charge on any atom is -0.477 e. The molecule has 1 fully saturated rings. The SMILES string of the molecule is C=C(CN1CCC(c2cccc(OCc3ccc(C#N)cc3F)n2)CC1)N(Cc1cnco1)c1nc(C(=O)O)ccc1C. The molecule has 1 aliphatic heterocycles. The lowest BCUT2D eigenvalue weighted by molar-refractivity contribution is 0.0690. The van der Waals surface area contributed by atoms with E-state index in [0.29, 0.717) is 36.1 Å². The zero-order chi connectivity index (χ0) is 30.3. The number of carboxylic acids is 1. The number of nitrogens with zero attached hydrogens (tertiary/aromatic N) is 6. The Balaban J connectivity index is 1.21. The van der Waals surface area contributed by atoms with Crippen molar-refractivity contribution in [3.05, 3.63) is 113 Å². The van der Waals surface area contributed by atoms with Gasteiger partial charge < -0.3 is 19.2 Å². The summed E-state index contributed by atoms with van der Waals surface area (Å²) in [4.78, 5) is 28.9. The van der Waals surface area contributed by atoms with Crippen molar-refractivity contribution in [3.63, 3.8) is 0 Å². The second-order valence-electron chi connectivity index (χ2n) is 10.4. The molecule has 11 heteroatoms. The molecule has 0 bridgehead atoms. The number of anilines is 1. The van der Waals surface area contributed by atoms with Gasteiger partial charge in [-0.15, -0.1) is 0 Å². The number of rotatable bonds is 11. The molecule has 0 amide bonds. The van der Waals surface area contributed by atoms with Crippen LogP contribution in [0.2, 0.25) is 0 Å². The van der Waals surface area contributed by atoms with Gasteiger partial charge in [0.15, 0.2) is 12.1 Å². The van der Waals surface area contributed by atoms with Crippen LogP contribution in [0.1, 0.15) is 57.4 Å². The zero-order valence-electron chi connectivity index (χ0n) is 23.7. The number of carbonyl (C=O) groups is 1. The Morgan fingerprint density at radius 3 is 2.74 bits per heavy atom. The van der Waals surface area contributed by atoms with Crippen LogP contribution in [0, 0.1) is 24.1 Å². The standard InChI is InChI=1S/C32H31FN6O4/c1-21-6-9-29(32(40)41)37-31(21)39(18-26-16-35-20-43-26)22(2)17-38-12-10-24(11-13-38)28-4-3-5-30(36-28)42-19-25-8-7-23(15-34)14-27(25)33/h3-9,14,16,20,24H,2,10-13,17-19H2,1H3,(H,40,41). The van der Waals surface area contributed by atoms with Crippen LogP contribution < -0.4 is 9.64 Å². The molecule has 10 nitrogen and oxygen atoms in total. The fourth-order valence-corrected chi connectivity index (χ4v) is 5.08. The number of benzene rings is 1. The fraction of sp³-hybridized carbons (Fsp3) is 0.281. The third-order valence-corrected chi connectivity index (χ3v) is 7.44. The molecular formula is C32H31FN6O4. The average Bonchev–Trinajstić information content (AvgIpc) is 3.53. The van der Waals surface area contributed by atoms with Crippen LogP contribution in [0.3, 0.4) is 0 Å². The molecule has 1 N–H and O–H groups in total. The maximum atomic E-state index is 14.2. The third kappa shape index (κ3) is 7.23. The second kappa shape index (κ2) is 13.3. The Morgan fingerprint density at radius 1 is 1.23 bits per heavy atom. The van der Waals surface area contributed by atoms with Crippen LogP contribution >= 0.6 is 0 Å². The number of likely N-dealkylation sites (tertiary alicyclic amines) is 1. The predicted octanol–water partition coefficient (Wildman–Crippen LogP) is 5.46. The summed E-state index contributed by atoms with van der Waals surface area (Å²) in [5, 5.41) is 18.4. The number of carboxylic acid groups (broad SMARTS) is 1. The summed E-state index contributed by atoms with van der Waals surface area (Å²) >= 11 is 0. The van der Waals surface area contributed by atoms with Crippen molar-refractivity contribution < 1.29 is 23.4 Å². The smallest absolute Gasteiger partial charge is 0.354 e. The monoisotopic (exact) mass is 582 g/mol. The van der Waals surface area contributed by atoms with Crippen LogP contribution in [0.25, 0.3) is 0 Å². The summed E-state index contributed by atoms with van der Waals surface area (Å²) in [6, 6.07) is 15.1. The van der Waals surface area contributed by atoms with Gasteiger partial charge in [-0.3, -0.25) is 4.90 Å². The number of hydrogen-bond donors (Lipinski definition) is 1. The molecule has 3 aromatic heterocycles. The van der Waals surface area contributed by atoms with Gasteiger partial charge in [0.1, 0.15) is 24.0 Å². The minimum absolute atomic E-state index is 0.0167. The van der Waals surface area contributed by atoms with E-state index in [2.05, 4.69) is 26.4 Å². The first-order chi connectivity index (χ1) is 20.8. The van der Waals surface area contributed by atoms with E-state index < -0.39 is 11.8 Å². The van der Waals surface area contributed by atoms with Gasteiger partial charge in [-0.05, 0) is 62.7 Å². The van der Waals surface area contributed by atoms with Gasteiger partial charge in [-0.2, -0.15) is 5.26 Å². The number of pyridine rings is 2. The molecule has 0 saturated carbocycles. The quantitative estimate of drug-likeness (QED) is 0.243. The van der Waals surface area contributed by atoms with E-state index in [0.717, 1.165) is 42.9 Å². The number of hydrogen-bond acceptors (Lipinski definition) is 9. The highest BCUT2D eigenvalue weighted by Crippen LogP contribution is 2.30. The normalized spacial score (nSPS) is 13.8. The zero-order valence-corrected chi connectivity index (χ0v) is 23.7. The van der Waals surface area contributed by atoms with Gasteiger partial charge in [0.05, 0.1) is 24.4 Å². The highest BCUT2D eigenvalue weighted by Gasteiger charge is 2.25. The average molecular weight is 583 g/mol. The van der Waals surface area contributed by atoms with Crippen molar-refractivity contribution in [2.24, 2.45) is 0 Å². The van der Waals surface area contributed by atoms with Crippen molar-refractivity contribution in [2.75, 3.05) is 24.5 Å². The van der Waals surface area contributed by atoms with Crippen LogP contribution in [0.4, 0.5) is 10.2 Å². The van der Waals surface area contributed by atoms with E-state index in [4.69, 9.17) is 14.4 Å². The minimum atomic E-state index is -1.10. The van der Waals surface area contributed by atoms with Crippen LogP contribution in [0.15, 0.2) is 77.8 Å². The topological polar surface area (TPSA) is 129 Å². The molecular weight excluding hydrogens is 551 g/mol. The van der Waals surface area contributed by atoms with E-state index in [-0.39, 0.29) is 23.8 Å². The molecule has 0 aliphatic carbocycles. The van der Waals surface area contributed by atoms with Crippen LogP contribution in [0.5, 0.6) is 5.88 Å². The molecule has 4 aromatic rings. The number of halogens is 1. The Bertz CT molecular complexity index is 1640. The molecule has 0 unspecified atom stereocenters. The molecule has 1 aromatic carbocycles. The summed E-state index contributed by atoms with van der Waals surface area (Å²) in [5.74, 6) is 0.199. The van der Waals surface area contributed by atoms with E-state index in [1.165, 1.54) is 18.5 Å². The summed E-state index contributed by atoms with van der Waals surface area (Å²) < 4.78 is 25.5. The lowest BCUT2D eigenvalue weighted by Crippen LogP contribution is -2.38. The van der Waals surface area contributed by atoms with Crippen molar-refractivity contribution in [1.29, 1.82) is 5.26 Å². The number of piperidine rings is 1. The van der Waals surface area contributed by atoms with E-state index >= 15 is 0 Å². The number of ether oxygens (including phenoxy) is 1. The predicted molar refractivity (Wildman–Crippen MR) is 156 cm³/mol. The van der Waals surface area contributed by atoms with Crippen molar-refractivity contribution in [3.8, 4) is 11.9 Å². The highest BCUT2D eigenvalue weighted by molar-refractivity contribution is 5.86. The lowest BCUT2D eigenvalue weighted by atomic mass is 9.93. The Kier molecular flexibility index (Phi) is 9.08. The molecule has 220 valence electrons. The first-order valence-corrected chi connectivity index (χ1v) is 13.8. The van der Waals surface area contributed by atoms with E-state index in [1.54, 1.807) is 30.5 Å². The molecule has 0 atom stereocenters. The van der Waals surface area contributed by atoms with Gasteiger partial charge in [-0.1, -0.05) is 24.8 Å². The largest absolute Gasteiger partial charge is 0.477 e. The summed E-state index contributed by atoms with van der Waals surface area (Å²) in [6.07, 6.45) is 4.73. The Morgan fingerprint density at radius 2 is 2.05 bits per heavy atom. The number of aromatic carboxylic acids is 1. The maximum absolute atomic E-state index is 14.2. The summed E-state index contributed by atoms with van der Waals surface area (Å²) in [7, 11) is 0. The van der Waals surface area contributed by atoms with Crippen molar-refractivity contribution in [1.82, 2.24) is 19.9 Å². The maximum Gasteiger partial charge on any atom is 0.354 e. The van der Waals surface area contributed by atoms with Gasteiger partial charge in [0.25, 0.3) is 0 Å². The van der Waals surface area contributed by atoms with Crippen LogP contribution in [-0.4, -0.2) is 50.6 Å². The van der Waals surface area contributed by atoms with Gasteiger partial charge in [0, 0.05) is 35.5 Å². The molecule has 5 rings (SSSR count). The van der Waals surface area contributed by atoms with Gasteiger partial charge in [0.2, 0.25) is 5.88 Å². The van der Waals surface area contributed by atoms with Gasteiger partial charge >= 0.3 is 5.97 Å². The molecule has 43 heavy (non-hydrogen) atoms. The van der Waals surface area contributed by atoms with Crippen molar-refractivity contribution in [2.45, 2.75) is 38.8 Å². The fourth-order valence-electron chi connectivity index (χ4n) is 5.08. The van der Waals surface area contributed by atoms with E-state index in [9.17, 15) is 14.3 Å². The first-order valence-electron chi connectivity index (χ1n) is 13.8. The number of nitriles is 1. The third-order valence-electron chi connectivity index (χ3n) is 7.44. The Hall–Kier alpha value is -5.08. The first kappa shape index (κ1) is 29.4. The molecule has 0 radical (unpaired) electrons. The summed E-state index contributed by atoms with van der Waals surface area (Å²) in [6.45, 7) is 8.73. The number of aryl methyl sites for hydroxylation is 1.